The van der Waals surface area contributed by atoms with E-state index >= 15 is 0 Å². The van der Waals surface area contributed by atoms with Crippen molar-refractivity contribution in [2.45, 2.75) is 44.9 Å². The molecule has 0 radical (unpaired) electrons. The Hall–Kier alpha value is -1.50. The number of morpholine rings is 1. The molecule has 0 atom stereocenters. The van der Waals surface area contributed by atoms with Gasteiger partial charge in [-0.05, 0) is 45.4 Å². The fourth-order valence-electron chi connectivity index (χ4n) is 3.77. The van der Waals surface area contributed by atoms with Crippen molar-refractivity contribution in [2.24, 2.45) is 0 Å². The summed E-state index contributed by atoms with van der Waals surface area (Å²) in [4.78, 5) is 23.3. The molecule has 2 fully saturated rings. The van der Waals surface area contributed by atoms with E-state index in [1.165, 1.54) is 5.56 Å². The molecule has 0 bridgehead atoms. The summed E-state index contributed by atoms with van der Waals surface area (Å²) in [5.41, 5.74) is 1.15. The first-order chi connectivity index (χ1) is 12.5. The van der Waals surface area contributed by atoms with Crippen LogP contribution in [0.1, 0.15) is 32.3 Å². The summed E-state index contributed by atoms with van der Waals surface area (Å²) in [5.74, 6) is 0.235. The molecular formula is C20H32N4O2. The highest BCUT2D eigenvalue weighted by Gasteiger charge is 2.40. The van der Waals surface area contributed by atoms with Crippen molar-refractivity contribution >= 4 is 5.91 Å². The van der Waals surface area contributed by atoms with Gasteiger partial charge in [0, 0.05) is 51.2 Å². The Kier molecular flexibility index (Phi) is 6.27. The minimum Gasteiger partial charge on any atom is -0.372 e. The lowest BCUT2D eigenvalue weighted by molar-refractivity contribution is -0.152. The Bertz CT molecular complexity index is 585. The highest BCUT2D eigenvalue weighted by molar-refractivity contribution is 5.78. The molecular weight excluding hydrogens is 328 g/mol. The maximum Gasteiger partial charge on any atom is 0.236 e. The highest BCUT2D eigenvalue weighted by Crippen LogP contribution is 2.30. The second-order valence-electron chi connectivity index (χ2n) is 7.99. The topological polar surface area (TPSA) is 48.9 Å². The Balaban J connectivity index is 1.52. The van der Waals surface area contributed by atoms with Crippen LogP contribution in [0.15, 0.2) is 24.5 Å². The number of amides is 1. The molecule has 26 heavy (non-hydrogen) atoms. The lowest BCUT2D eigenvalue weighted by Gasteiger charge is -2.47. The average molecular weight is 361 g/mol. The number of likely N-dealkylation sites (tertiary alicyclic amines) is 1. The largest absolute Gasteiger partial charge is 0.372 e. The van der Waals surface area contributed by atoms with Crippen molar-refractivity contribution < 1.29 is 9.53 Å². The Morgan fingerprint density at radius 2 is 2.12 bits per heavy atom. The monoisotopic (exact) mass is 360 g/mol. The first-order valence-electron chi connectivity index (χ1n) is 9.71. The number of nitrogens with zero attached hydrogens (tertiary/aromatic N) is 4. The van der Waals surface area contributed by atoms with Crippen molar-refractivity contribution in [1.82, 2.24) is 19.7 Å². The van der Waals surface area contributed by atoms with Crippen molar-refractivity contribution in [1.29, 1.82) is 0 Å². The third-order valence-corrected chi connectivity index (χ3v) is 5.75. The summed E-state index contributed by atoms with van der Waals surface area (Å²) in [5, 5.41) is 0. The molecule has 0 N–H and O–H groups in total. The van der Waals surface area contributed by atoms with Gasteiger partial charge in [0.1, 0.15) is 0 Å². The van der Waals surface area contributed by atoms with Crippen molar-refractivity contribution in [2.75, 3.05) is 46.4 Å². The summed E-state index contributed by atoms with van der Waals surface area (Å²) >= 11 is 0. The van der Waals surface area contributed by atoms with Crippen LogP contribution in [0.25, 0.3) is 0 Å². The summed E-state index contributed by atoms with van der Waals surface area (Å²) in [6, 6.07) is 4.50. The fourth-order valence-corrected chi connectivity index (χ4v) is 3.77. The first kappa shape index (κ1) is 19.3. The minimum atomic E-state index is -0.0960. The lowest BCUT2D eigenvalue weighted by Crippen LogP contribution is -2.58. The highest BCUT2D eigenvalue weighted by atomic mass is 16.5. The van der Waals surface area contributed by atoms with E-state index in [4.69, 9.17) is 4.74 Å². The molecule has 0 aliphatic carbocycles. The van der Waals surface area contributed by atoms with Gasteiger partial charge in [0.2, 0.25) is 5.91 Å². The van der Waals surface area contributed by atoms with Gasteiger partial charge < -0.3 is 9.64 Å². The number of pyridine rings is 1. The van der Waals surface area contributed by atoms with Crippen LogP contribution >= 0.6 is 0 Å². The molecule has 2 aliphatic heterocycles. The second-order valence-corrected chi connectivity index (χ2v) is 7.99. The molecule has 0 unspecified atom stereocenters. The molecule has 6 nitrogen and oxygen atoms in total. The molecule has 1 aromatic heterocycles. The van der Waals surface area contributed by atoms with E-state index in [0.29, 0.717) is 12.6 Å². The molecule has 0 aromatic carbocycles. The smallest absolute Gasteiger partial charge is 0.236 e. The Morgan fingerprint density at radius 1 is 1.35 bits per heavy atom. The number of rotatable bonds is 5. The molecule has 1 spiro atoms. The zero-order valence-electron chi connectivity index (χ0n) is 16.4. The maximum atomic E-state index is 12.5. The molecule has 2 aliphatic rings. The van der Waals surface area contributed by atoms with Gasteiger partial charge in [-0.25, -0.2) is 0 Å². The normalized spacial score (nSPS) is 20.9. The quantitative estimate of drug-likeness (QED) is 0.799. The molecule has 6 heteroatoms. The zero-order chi connectivity index (χ0) is 18.6. The van der Waals surface area contributed by atoms with Gasteiger partial charge in [-0.15, -0.1) is 0 Å². The van der Waals surface area contributed by atoms with Crippen LogP contribution in [-0.4, -0.2) is 83.6 Å². The van der Waals surface area contributed by atoms with Gasteiger partial charge in [0.15, 0.2) is 0 Å². The third-order valence-electron chi connectivity index (χ3n) is 5.75. The number of aromatic nitrogens is 1. The van der Waals surface area contributed by atoms with Crippen molar-refractivity contribution in [3.8, 4) is 0 Å². The van der Waals surface area contributed by atoms with Gasteiger partial charge in [-0.2, -0.15) is 0 Å². The number of hydrogen-bond acceptors (Lipinski definition) is 5. The second kappa shape index (κ2) is 8.46. The summed E-state index contributed by atoms with van der Waals surface area (Å²) in [6.45, 7) is 9.91. The predicted octanol–water partition coefficient (Wildman–Crippen LogP) is 1.62. The van der Waals surface area contributed by atoms with E-state index in [1.54, 1.807) is 0 Å². The summed E-state index contributed by atoms with van der Waals surface area (Å²) in [6.07, 6.45) is 5.60. The molecule has 1 aromatic rings. The maximum absolute atomic E-state index is 12.5. The summed E-state index contributed by atoms with van der Waals surface area (Å²) in [7, 11) is 2.01. The van der Waals surface area contributed by atoms with Crippen LogP contribution in [0.2, 0.25) is 0 Å². The van der Waals surface area contributed by atoms with Gasteiger partial charge in [-0.3, -0.25) is 19.6 Å². The van der Waals surface area contributed by atoms with Gasteiger partial charge in [-0.1, -0.05) is 6.07 Å². The number of carbonyl (C=O) groups excluding carboxylic acids is 1. The fraction of sp³-hybridized carbons (Fsp3) is 0.700. The number of ether oxygens (including phenoxy) is 1. The SMILES string of the molecule is CC(C)N(C)CC(=O)N1CCC2(CC1)CN(Cc1cccnc1)CCO2. The van der Waals surface area contributed by atoms with Crippen LogP contribution in [0.5, 0.6) is 0 Å². The Morgan fingerprint density at radius 3 is 2.77 bits per heavy atom. The van der Waals surface area contributed by atoms with Crippen molar-refractivity contribution in [3.05, 3.63) is 30.1 Å². The number of piperidine rings is 1. The molecule has 0 saturated carbocycles. The standard InChI is InChI=1S/C20H32N4O2/c1-17(2)22(3)15-19(25)24-9-6-20(7-10-24)16-23(11-12-26-20)14-18-5-4-8-21-13-18/h4-5,8,13,17H,6-7,9-12,14-16H2,1-3H3. The van der Waals surface area contributed by atoms with Gasteiger partial charge in [0.25, 0.3) is 0 Å². The Labute approximate surface area is 157 Å². The van der Waals surface area contributed by atoms with E-state index in [9.17, 15) is 4.79 Å². The third kappa shape index (κ3) is 4.81. The van der Waals surface area contributed by atoms with Crippen LogP contribution in [0, 0.1) is 0 Å². The molecule has 3 heterocycles. The van der Waals surface area contributed by atoms with Gasteiger partial charge in [0.05, 0.1) is 18.8 Å². The van der Waals surface area contributed by atoms with Crippen LogP contribution in [0.3, 0.4) is 0 Å². The summed E-state index contributed by atoms with van der Waals surface area (Å²) < 4.78 is 6.22. The molecule has 1 amide bonds. The number of hydrogen-bond donors (Lipinski definition) is 0. The van der Waals surface area contributed by atoms with Crippen molar-refractivity contribution in [3.63, 3.8) is 0 Å². The van der Waals surface area contributed by atoms with Crippen LogP contribution in [0.4, 0.5) is 0 Å². The first-order valence-corrected chi connectivity index (χ1v) is 9.71. The molecule has 2 saturated heterocycles. The van der Waals surface area contributed by atoms with Crippen LogP contribution in [-0.2, 0) is 16.1 Å². The van der Waals surface area contributed by atoms with Gasteiger partial charge >= 0.3 is 0 Å². The molecule has 3 rings (SSSR count). The molecule has 144 valence electrons. The predicted molar refractivity (Wildman–Crippen MR) is 102 cm³/mol. The zero-order valence-corrected chi connectivity index (χ0v) is 16.4. The van der Waals surface area contributed by atoms with E-state index in [-0.39, 0.29) is 11.5 Å². The minimum absolute atomic E-state index is 0.0960. The number of carbonyl (C=O) groups is 1. The van der Waals surface area contributed by atoms with E-state index in [2.05, 4.69) is 34.7 Å². The average Bonchev–Trinajstić information content (AvgIpc) is 2.63. The van der Waals surface area contributed by atoms with E-state index < -0.39 is 0 Å². The van der Waals surface area contributed by atoms with E-state index in [0.717, 1.165) is 52.2 Å². The lowest BCUT2D eigenvalue weighted by atomic mass is 9.89. The number of likely N-dealkylation sites (N-methyl/N-ethyl adjacent to an activating group) is 1. The van der Waals surface area contributed by atoms with Crippen LogP contribution < -0.4 is 0 Å². The van der Waals surface area contributed by atoms with E-state index in [1.807, 2.05) is 30.4 Å².